The molecule has 1 aliphatic rings. The van der Waals surface area contributed by atoms with Crippen molar-refractivity contribution in [3.63, 3.8) is 0 Å². The van der Waals surface area contributed by atoms with Crippen LogP contribution in [0.3, 0.4) is 0 Å². The van der Waals surface area contributed by atoms with Crippen LogP contribution in [0.25, 0.3) is 0 Å². The van der Waals surface area contributed by atoms with Crippen LogP contribution < -0.4 is 5.32 Å². The molecule has 0 aromatic carbocycles. The lowest BCUT2D eigenvalue weighted by atomic mass is 9.97. The van der Waals surface area contributed by atoms with Gasteiger partial charge in [0, 0.05) is 12.8 Å². The lowest BCUT2D eigenvalue weighted by molar-refractivity contribution is -0.143. The molecule has 1 aliphatic carbocycles. The molecule has 1 unspecified atom stereocenters. The summed E-state index contributed by atoms with van der Waals surface area (Å²) in [6, 6.07) is -1.13. The minimum absolute atomic E-state index is 0.102. The van der Waals surface area contributed by atoms with E-state index in [2.05, 4.69) is 5.32 Å². The summed E-state index contributed by atoms with van der Waals surface area (Å²) in [5, 5.41) is 19.8. The first-order valence-electron chi connectivity index (χ1n) is 6.41. The van der Waals surface area contributed by atoms with Gasteiger partial charge in [-0.25, -0.2) is 4.79 Å². The highest BCUT2D eigenvalue weighted by atomic mass is 16.4. The van der Waals surface area contributed by atoms with Crippen LogP contribution in [0.4, 0.5) is 0 Å². The maximum atomic E-state index is 11.7. The highest BCUT2D eigenvalue weighted by Crippen LogP contribution is 2.19. The molecule has 0 spiro atoms. The molecule has 6 nitrogen and oxygen atoms in total. The fraction of sp³-hybridized carbons (Fsp3) is 0.615. The number of carbonyl (C=O) groups is 3. The van der Waals surface area contributed by atoms with Gasteiger partial charge in [0.05, 0.1) is 0 Å². The van der Waals surface area contributed by atoms with Gasteiger partial charge in [-0.1, -0.05) is 11.6 Å². The van der Waals surface area contributed by atoms with Gasteiger partial charge in [0.15, 0.2) is 0 Å². The Morgan fingerprint density at radius 2 is 2.00 bits per heavy atom. The van der Waals surface area contributed by atoms with Gasteiger partial charge in [-0.05, 0) is 32.1 Å². The molecule has 106 valence electrons. The molecule has 1 amide bonds. The molecule has 0 heterocycles. The van der Waals surface area contributed by atoms with Gasteiger partial charge in [0.2, 0.25) is 5.91 Å². The number of aliphatic carboxylic acids is 2. The third kappa shape index (κ3) is 6.03. The van der Waals surface area contributed by atoms with Crippen molar-refractivity contribution in [1.29, 1.82) is 0 Å². The minimum Gasteiger partial charge on any atom is -0.481 e. The van der Waals surface area contributed by atoms with E-state index >= 15 is 0 Å². The summed E-state index contributed by atoms with van der Waals surface area (Å²) >= 11 is 0. The van der Waals surface area contributed by atoms with E-state index in [-0.39, 0.29) is 25.2 Å². The summed E-state index contributed by atoms with van der Waals surface area (Å²) in [6.45, 7) is 0. The van der Waals surface area contributed by atoms with Crippen molar-refractivity contribution < 1.29 is 24.6 Å². The van der Waals surface area contributed by atoms with E-state index in [4.69, 9.17) is 10.2 Å². The molecule has 0 saturated carbocycles. The molecule has 0 aromatic heterocycles. The van der Waals surface area contributed by atoms with E-state index in [9.17, 15) is 14.4 Å². The SMILES string of the molecule is O=C(O)CCC(NC(=O)CC1=CCCCC1)C(=O)O. The summed E-state index contributed by atoms with van der Waals surface area (Å²) < 4.78 is 0. The maximum absolute atomic E-state index is 11.7. The first-order valence-corrected chi connectivity index (χ1v) is 6.41. The first-order chi connectivity index (χ1) is 8.99. The molecular weight excluding hydrogens is 250 g/mol. The molecule has 1 rings (SSSR count). The number of carbonyl (C=O) groups excluding carboxylic acids is 1. The molecule has 0 fully saturated rings. The Morgan fingerprint density at radius 3 is 2.53 bits per heavy atom. The van der Waals surface area contributed by atoms with E-state index in [0.717, 1.165) is 31.3 Å². The zero-order valence-corrected chi connectivity index (χ0v) is 10.7. The van der Waals surface area contributed by atoms with E-state index in [1.54, 1.807) is 0 Å². The fourth-order valence-electron chi connectivity index (χ4n) is 2.04. The normalized spacial score (nSPS) is 16.3. The number of hydrogen-bond acceptors (Lipinski definition) is 3. The second kappa shape index (κ2) is 7.56. The number of carboxylic acid groups (broad SMARTS) is 2. The number of nitrogens with one attached hydrogen (secondary N) is 1. The van der Waals surface area contributed by atoms with Crippen LogP contribution >= 0.6 is 0 Å². The van der Waals surface area contributed by atoms with Crippen molar-refractivity contribution >= 4 is 17.8 Å². The second-order valence-electron chi connectivity index (χ2n) is 4.68. The molecule has 19 heavy (non-hydrogen) atoms. The Bertz CT molecular complexity index is 388. The standard InChI is InChI=1S/C13H19NO5/c15-11(8-9-4-2-1-3-5-9)14-10(13(18)19)6-7-12(16)17/h4,10H,1-3,5-8H2,(H,14,15)(H,16,17)(H,18,19). The lowest BCUT2D eigenvalue weighted by Crippen LogP contribution is -2.41. The number of carboxylic acids is 2. The minimum atomic E-state index is -1.20. The summed E-state index contributed by atoms with van der Waals surface area (Å²) in [5.41, 5.74) is 1.03. The van der Waals surface area contributed by atoms with Crippen molar-refractivity contribution in [2.75, 3.05) is 0 Å². The number of rotatable bonds is 7. The van der Waals surface area contributed by atoms with Crippen LogP contribution in [0.15, 0.2) is 11.6 Å². The van der Waals surface area contributed by atoms with Gasteiger partial charge >= 0.3 is 11.9 Å². The maximum Gasteiger partial charge on any atom is 0.326 e. The van der Waals surface area contributed by atoms with Gasteiger partial charge in [-0.15, -0.1) is 0 Å². The van der Waals surface area contributed by atoms with E-state index in [0.29, 0.717) is 0 Å². The Kier molecular flexibility index (Phi) is 6.05. The van der Waals surface area contributed by atoms with E-state index < -0.39 is 18.0 Å². The van der Waals surface area contributed by atoms with Crippen molar-refractivity contribution in [1.82, 2.24) is 5.32 Å². The number of amides is 1. The summed E-state index contributed by atoms with van der Waals surface area (Å²) in [6.07, 6.45) is 5.87. The van der Waals surface area contributed by atoms with Crippen LogP contribution in [0.1, 0.15) is 44.9 Å². The average molecular weight is 269 g/mol. The number of allylic oxidation sites excluding steroid dienone is 1. The third-order valence-electron chi connectivity index (χ3n) is 3.05. The predicted octanol–water partition coefficient (Wildman–Crippen LogP) is 1.31. The first kappa shape index (κ1) is 15.2. The Balaban J connectivity index is 2.44. The lowest BCUT2D eigenvalue weighted by Gasteiger charge is -2.16. The largest absolute Gasteiger partial charge is 0.481 e. The van der Waals surface area contributed by atoms with Crippen molar-refractivity contribution in [2.24, 2.45) is 0 Å². The quantitative estimate of drug-likeness (QED) is 0.604. The molecule has 6 heteroatoms. The van der Waals surface area contributed by atoms with Gasteiger partial charge in [-0.3, -0.25) is 9.59 Å². The van der Waals surface area contributed by atoms with Crippen molar-refractivity contribution in [3.05, 3.63) is 11.6 Å². The smallest absolute Gasteiger partial charge is 0.326 e. The van der Waals surface area contributed by atoms with E-state index in [1.165, 1.54) is 0 Å². The predicted molar refractivity (Wildman–Crippen MR) is 67.6 cm³/mol. The number of hydrogen-bond donors (Lipinski definition) is 3. The molecule has 1 atom stereocenters. The Morgan fingerprint density at radius 1 is 1.26 bits per heavy atom. The molecule has 0 radical (unpaired) electrons. The van der Waals surface area contributed by atoms with Crippen LogP contribution in [0.2, 0.25) is 0 Å². The van der Waals surface area contributed by atoms with Crippen molar-refractivity contribution in [3.8, 4) is 0 Å². The van der Waals surface area contributed by atoms with Crippen LogP contribution in [-0.4, -0.2) is 34.1 Å². The van der Waals surface area contributed by atoms with Gasteiger partial charge in [0.25, 0.3) is 0 Å². The molecule has 0 aliphatic heterocycles. The van der Waals surface area contributed by atoms with Gasteiger partial charge in [0.1, 0.15) is 6.04 Å². The highest BCUT2D eigenvalue weighted by molar-refractivity contribution is 5.85. The molecule has 0 saturated heterocycles. The third-order valence-corrected chi connectivity index (χ3v) is 3.05. The molecular formula is C13H19NO5. The summed E-state index contributed by atoms with van der Waals surface area (Å²) in [5.74, 6) is -2.63. The Labute approximate surface area is 111 Å². The van der Waals surface area contributed by atoms with Gasteiger partial charge < -0.3 is 15.5 Å². The zero-order valence-electron chi connectivity index (χ0n) is 10.7. The molecule has 0 bridgehead atoms. The molecule has 3 N–H and O–H groups in total. The topological polar surface area (TPSA) is 104 Å². The van der Waals surface area contributed by atoms with Crippen molar-refractivity contribution in [2.45, 2.75) is 51.0 Å². The van der Waals surface area contributed by atoms with Crippen LogP contribution in [-0.2, 0) is 14.4 Å². The zero-order chi connectivity index (χ0) is 14.3. The Hall–Kier alpha value is -1.85. The summed E-state index contributed by atoms with van der Waals surface area (Å²) in [4.78, 5) is 33.0. The second-order valence-corrected chi connectivity index (χ2v) is 4.68. The van der Waals surface area contributed by atoms with Crippen LogP contribution in [0.5, 0.6) is 0 Å². The summed E-state index contributed by atoms with van der Waals surface area (Å²) in [7, 11) is 0. The highest BCUT2D eigenvalue weighted by Gasteiger charge is 2.21. The van der Waals surface area contributed by atoms with Gasteiger partial charge in [-0.2, -0.15) is 0 Å². The van der Waals surface area contributed by atoms with Crippen LogP contribution in [0, 0.1) is 0 Å². The fourth-order valence-corrected chi connectivity index (χ4v) is 2.04. The monoisotopic (exact) mass is 269 g/mol. The molecule has 0 aromatic rings. The van der Waals surface area contributed by atoms with E-state index in [1.807, 2.05) is 6.08 Å². The average Bonchev–Trinajstić information content (AvgIpc) is 2.35.